The molecule has 1 saturated heterocycles. The maximum atomic E-state index is 4.92. The van der Waals surface area contributed by atoms with Crippen LogP contribution in [0.5, 0.6) is 0 Å². The van der Waals surface area contributed by atoms with Gasteiger partial charge in [0.25, 0.3) is 0 Å². The highest BCUT2D eigenvalue weighted by Gasteiger charge is 2.31. The zero-order valence-electron chi connectivity index (χ0n) is 11.5. The molecule has 2 fully saturated rings. The molecule has 0 bridgehead atoms. The van der Waals surface area contributed by atoms with Crippen molar-refractivity contribution in [1.29, 1.82) is 0 Å². The monoisotopic (exact) mass is 254 g/mol. The summed E-state index contributed by atoms with van der Waals surface area (Å²) in [6.45, 7) is 6.87. The quantitative estimate of drug-likeness (QED) is 0.828. The van der Waals surface area contributed by atoms with Crippen LogP contribution < -0.4 is 5.32 Å². The highest BCUT2D eigenvalue weighted by atomic mass is 32.2. The Kier molecular flexibility index (Phi) is 4.40. The van der Waals surface area contributed by atoms with E-state index in [4.69, 9.17) is 4.99 Å². The van der Waals surface area contributed by atoms with Crippen molar-refractivity contribution >= 4 is 16.9 Å². The summed E-state index contributed by atoms with van der Waals surface area (Å²) in [6, 6.07) is 0.590. The molecule has 2 aliphatic rings. The summed E-state index contributed by atoms with van der Waals surface area (Å²) in [7, 11) is 0. The van der Waals surface area contributed by atoms with Gasteiger partial charge in [0.15, 0.2) is 5.17 Å². The topological polar surface area (TPSA) is 24.4 Å². The van der Waals surface area contributed by atoms with Crippen LogP contribution in [0.1, 0.15) is 59.3 Å². The fraction of sp³-hybridized carbons (Fsp3) is 0.929. The van der Waals surface area contributed by atoms with Crippen LogP contribution in [0.15, 0.2) is 4.99 Å². The van der Waals surface area contributed by atoms with Crippen LogP contribution in [-0.4, -0.2) is 22.5 Å². The molecule has 1 atom stereocenters. The van der Waals surface area contributed by atoms with Crippen LogP contribution in [0, 0.1) is 5.92 Å². The molecule has 0 aromatic rings. The van der Waals surface area contributed by atoms with Gasteiger partial charge in [0.2, 0.25) is 0 Å². The van der Waals surface area contributed by atoms with E-state index in [1.807, 2.05) is 11.8 Å². The Morgan fingerprint density at radius 2 is 2.00 bits per heavy atom. The van der Waals surface area contributed by atoms with Gasteiger partial charge in [-0.1, -0.05) is 32.0 Å². The predicted molar refractivity (Wildman–Crippen MR) is 77.8 cm³/mol. The van der Waals surface area contributed by atoms with E-state index in [2.05, 4.69) is 26.1 Å². The predicted octanol–water partition coefficient (Wildman–Crippen LogP) is 3.82. The van der Waals surface area contributed by atoms with Crippen molar-refractivity contribution in [2.24, 2.45) is 10.9 Å². The molecule has 0 aromatic carbocycles. The number of hydrogen-bond donors (Lipinski definition) is 1. The summed E-state index contributed by atoms with van der Waals surface area (Å²) in [5.41, 5.74) is 0.282. The van der Waals surface area contributed by atoms with Gasteiger partial charge < -0.3 is 5.32 Å². The molecule has 0 amide bonds. The van der Waals surface area contributed by atoms with E-state index in [1.165, 1.54) is 49.4 Å². The van der Waals surface area contributed by atoms with Crippen LogP contribution in [0.3, 0.4) is 0 Å². The molecule has 1 unspecified atom stereocenters. The maximum Gasteiger partial charge on any atom is 0.157 e. The second kappa shape index (κ2) is 5.64. The van der Waals surface area contributed by atoms with Crippen molar-refractivity contribution in [3.8, 4) is 0 Å². The minimum absolute atomic E-state index is 0.282. The lowest BCUT2D eigenvalue weighted by Crippen LogP contribution is -2.40. The molecule has 1 aliphatic carbocycles. The van der Waals surface area contributed by atoms with E-state index in [9.17, 15) is 0 Å². The van der Waals surface area contributed by atoms with Crippen LogP contribution in [0.4, 0.5) is 0 Å². The molecule has 0 radical (unpaired) electrons. The lowest BCUT2D eigenvalue weighted by Gasteiger charge is -2.26. The lowest BCUT2D eigenvalue weighted by atomic mass is 9.85. The maximum absolute atomic E-state index is 4.92. The average Bonchev–Trinajstić information content (AvgIpc) is 2.73. The fourth-order valence-electron chi connectivity index (χ4n) is 2.67. The molecular formula is C14H26N2S. The van der Waals surface area contributed by atoms with Crippen molar-refractivity contribution in [3.05, 3.63) is 0 Å². The number of amidine groups is 1. The summed E-state index contributed by atoms with van der Waals surface area (Å²) in [5.74, 6) is 2.14. The smallest absolute Gasteiger partial charge is 0.157 e. The third kappa shape index (κ3) is 3.40. The van der Waals surface area contributed by atoms with E-state index in [-0.39, 0.29) is 5.54 Å². The van der Waals surface area contributed by atoms with Gasteiger partial charge in [0, 0.05) is 11.3 Å². The third-order valence-corrected chi connectivity index (χ3v) is 5.67. The molecule has 2 nitrogen and oxygen atoms in total. The molecular weight excluding hydrogens is 228 g/mol. The normalized spacial score (nSPS) is 40.5. The zero-order valence-corrected chi connectivity index (χ0v) is 12.3. The molecule has 17 heavy (non-hydrogen) atoms. The number of rotatable bonds is 3. The molecule has 98 valence electrons. The Bertz CT molecular complexity index is 282. The average molecular weight is 254 g/mol. The number of nitrogens with one attached hydrogen (secondary N) is 1. The largest absolute Gasteiger partial charge is 0.359 e. The first kappa shape index (κ1) is 13.3. The van der Waals surface area contributed by atoms with E-state index in [0.29, 0.717) is 6.04 Å². The minimum Gasteiger partial charge on any atom is -0.359 e. The summed E-state index contributed by atoms with van der Waals surface area (Å²) >= 11 is 1.91. The molecule has 0 spiro atoms. The molecule has 2 rings (SSSR count). The van der Waals surface area contributed by atoms with E-state index < -0.39 is 0 Å². The molecule has 1 saturated carbocycles. The van der Waals surface area contributed by atoms with Crippen LogP contribution in [0.2, 0.25) is 0 Å². The Morgan fingerprint density at radius 1 is 1.29 bits per heavy atom. The van der Waals surface area contributed by atoms with E-state index >= 15 is 0 Å². The summed E-state index contributed by atoms with van der Waals surface area (Å²) in [5, 5.41) is 4.81. The van der Waals surface area contributed by atoms with Gasteiger partial charge in [-0.25, -0.2) is 0 Å². The summed E-state index contributed by atoms with van der Waals surface area (Å²) in [4.78, 5) is 4.92. The van der Waals surface area contributed by atoms with Gasteiger partial charge in [-0.05, 0) is 44.9 Å². The SMILES string of the molecule is CCC1CCC(N=C2NC(C)(CC)CS2)CC1. The van der Waals surface area contributed by atoms with Crippen LogP contribution >= 0.6 is 11.8 Å². The van der Waals surface area contributed by atoms with E-state index in [1.54, 1.807) is 0 Å². The zero-order chi connectivity index (χ0) is 12.3. The molecule has 1 heterocycles. The lowest BCUT2D eigenvalue weighted by molar-refractivity contribution is 0.320. The van der Waals surface area contributed by atoms with Gasteiger partial charge in [0.1, 0.15) is 0 Å². The Morgan fingerprint density at radius 3 is 2.53 bits per heavy atom. The highest BCUT2D eigenvalue weighted by Crippen LogP contribution is 2.31. The van der Waals surface area contributed by atoms with Crippen molar-refractivity contribution in [2.45, 2.75) is 70.9 Å². The number of thioether (sulfide) groups is 1. The summed E-state index contributed by atoms with van der Waals surface area (Å²) < 4.78 is 0. The molecule has 1 aliphatic heterocycles. The first-order valence-electron chi connectivity index (χ1n) is 7.14. The number of nitrogens with zero attached hydrogens (tertiary/aromatic N) is 1. The Labute approximate surface area is 110 Å². The van der Waals surface area contributed by atoms with Crippen molar-refractivity contribution in [1.82, 2.24) is 5.32 Å². The van der Waals surface area contributed by atoms with E-state index in [0.717, 1.165) is 5.92 Å². The Balaban J connectivity index is 1.85. The van der Waals surface area contributed by atoms with Gasteiger partial charge in [0.05, 0.1) is 6.04 Å². The molecule has 1 N–H and O–H groups in total. The second-order valence-electron chi connectivity index (χ2n) is 5.84. The van der Waals surface area contributed by atoms with Crippen LogP contribution in [0.25, 0.3) is 0 Å². The second-order valence-corrected chi connectivity index (χ2v) is 6.81. The Hall–Kier alpha value is -0.180. The first-order valence-corrected chi connectivity index (χ1v) is 8.12. The number of aliphatic imine (C=N–C) groups is 1. The van der Waals surface area contributed by atoms with Crippen molar-refractivity contribution < 1.29 is 0 Å². The molecule has 3 heteroatoms. The van der Waals surface area contributed by atoms with Crippen molar-refractivity contribution in [2.75, 3.05) is 5.75 Å². The van der Waals surface area contributed by atoms with Crippen LogP contribution in [-0.2, 0) is 0 Å². The fourth-order valence-corrected chi connectivity index (χ4v) is 3.94. The van der Waals surface area contributed by atoms with Gasteiger partial charge in [-0.15, -0.1) is 0 Å². The number of hydrogen-bond acceptors (Lipinski definition) is 2. The van der Waals surface area contributed by atoms with Gasteiger partial charge in [-0.2, -0.15) is 0 Å². The first-order chi connectivity index (χ1) is 8.15. The van der Waals surface area contributed by atoms with Gasteiger partial charge in [-0.3, -0.25) is 4.99 Å². The third-order valence-electron chi connectivity index (χ3n) is 4.41. The minimum atomic E-state index is 0.282. The highest BCUT2D eigenvalue weighted by molar-refractivity contribution is 8.14. The summed E-state index contributed by atoms with van der Waals surface area (Å²) in [6.07, 6.45) is 7.90. The molecule has 0 aromatic heterocycles. The standard InChI is InChI=1S/C14H26N2S/c1-4-11-6-8-12(9-7-11)15-13-16-14(3,5-2)10-17-13/h11-12H,4-10H2,1-3H3,(H,15,16). The van der Waals surface area contributed by atoms with Crippen molar-refractivity contribution in [3.63, 3.8) is 0 Å². The van der Waals surface area contributed by atoms with Gasteiger partial charge >= 0.3 is 0 Å².